The Morgan fingerprint density at radius 1 is 1.11 bits per heavy atom. The van der Waals surface area contributed by atoms with Crippen molar-refractivity contribution in [2.45, 2.75) is 32.2 Å². The lowest BCUT2D eigenvalue weighted by molar-refractivity contribution is -0.121. The van der Waals surface area contributed by atoms with Gasteiger partial charge in [-0.25, -0.2) is 0 Å². The number of hydrogen-bond donors (Lipinski definition) is 3. The highest BCUT2D eigenvalue weighted by atomic mass is 16.2. The van der Waals surface area contributed by atoms with Gasteiger partial charge in [0.05, 0.1) is 5.56 Å². The summed E-state index contributed by atoms with van der Waals surface area (Å²) in [4.78, 5) is 28.1. The number of aromatic nitrogens is 1. The molecule has 2 amide bonds. The minimum Gasteiger partial charge on any atom is -0.352 e. The monoisotopic (exact) mass is 366 g/mol. The second kappa shape index (κ2) is 9.83. The van der Waals surface area contributed by atoms with Crippen LogP contribution in [0.2, 0.25) is 0 Å². The SMILES string of the molecule is O=C(CCC1CCNCC1)NCc1ccc(NC(=O)c2cccnc2)cc1. The zero-order valence-corrected chi connectivity index (χ0v) is 15.4. The molecule has 0 unspecified atom stereocenters. The zero-order chi connectivity index (χ0) is 18.9. The third-order valence-electron chi connectivity index (χ3n) is 4.86. The third kappa shape index (κ3) is 6.18. The number of piperidine rings is 1. The van der Waals surface area contributed by atoms with E-state index in [2.05, 4.69) is 20.9 Å². The number of carbonyl (C=O) groups excluding carboxylic acids is 2. The van der Waals surface area contributed by atoms with E-state index in [1.54, 1.807) is 18.3 Å². The molecule has 0 bridgehead atoms. The molecule has 1 aromatic carbocycles. The minimum absolute atomic E-state index is 0.0995. The van der Waals surface area contributed by atoms with E-state index in [1.165, 1.54) is 19.0 Å². The van der Waals surface area contributed by atoms with Crippen molar-refractivity contribution in [2.24, 2.45) is 5.92 Å². The van der Waals surface area contributed by atoms with Crippen molar-refractivity contribution in [2.75, 3.05) is 18.4 Å². The molecule has 6 nitrogen and oxygen atoms in total. The highest BCUT2D eigenvalue weighted by Gasteiger charge is 2.14. The van der Waals surface area contributed by atoms with E-state index in [0.717, 1.165) is 25.1 Å². The van der Waals surface area contributed by atoms with Crippen molar-refractivity contribution in [3.05, 3.63) is 59.9 Å². The quantitative estimate of drug-likeness (QED) is 0.704. The second-order valence-corrected chi connectivity index (χ2v) is 6.90. The number of amides is 2. The molecule has 0 radical (unpaired) electrons. The molecule has 3 rings (SSSR count). The molecular weight excluding hydrogens is 340 g/mol. The Kier molecular flexibility index (Phi) is 6.93. The van der Waals surface area contributed by atoms with Crippen LogP contribution in [0.5, 0.6) is 0 Å². The van der Waals surface area contributed by atoms with Crippen LogP contribution >= 0.6 is 0 Å². The normalized spacial score (nSPS) is 14.5. The summed E-state index contributed by atoms with van der Waals surface area (Å²) >= 11 is 0. The van der Waals surface area contributed by atoms with Crippen LogP contribution in [0.1, 0.15) is 41.6 Å². The Labute approximate surface area is 159 Å². The first-order chi connectivity index (χ1) is 13.2. The van der Waals surface area contributed by atoms with Gasteiger partial charge in [0.15, 0.2) is 0 Å². The standard InChI is InChI=1S/C21H26N4O2/c26-20(8-5-16-9-12-22-13-10-16)24-14-17-3-6-19(7-4-17)25-21(27)18-2-1-11-23-15-18/h1-4,6-7,11,15-16,22H,5,8-10,12-14H2,(H,24,26)(H,25,27). The lowest BCUT2D eigenvalue weighted by atomic mass is 9.93. The number of benzene rings is 1. The van der Waals surface area contributed by atoms with Crippen molar-refractivity contribution in [3.63, 3.8) is 0 Å². The fourth-order valence-corrected chi connectivity index (χ4v) is 3.20. The Bertz CT molecular complexity index is 741. The van der Waals surface area contributed by atoms with E-state index >= 15 is 0 Å². The maximum Gasteiger partial charge on any atom is 0.257 e. The van der Waals surface area contributed by atoms with Gasteiger partial charge in [-0.3, -0.25) is 14.6 Å². The fraction of sp³-hybridized carbons (Fsp3) is 0.381. The predicted molar refractivity (Wildman–Crippen MR) is 105 cm³/mol. The van der Waals surface area contributed by atoms with Gasteiger partial charge in [0.1, 0.15) is 0 Å². The molecule has 6 heteroatoms. The van der Waals surface area contributed by atoms with Gasteiger partial charge in [-0.2, -0.15) is 0 Å². The highest BCUT2D eigenvalue weighted by Crippen LogP contribution is 2.17. The summed E-state index contributed by atoms with van der Waals surface area (Å²) in [6, 6.07) is 10.9. The molecule has 0 spiro atoms. The topological polar surface area (TPSA) is 83.1 Å². The van der Waals surface area contributed by atoms with Gasteiger partial charge in [-0.05, 0) is 68.1 Å². The van der Waals surface area contributed by atoms with Crippen LogP contribution in [0.15, 0.2) is 48.8 Å². The van der Waals surface area contributed by atoms with E-state index in [9.17, 15) is 9.59 Å². The Hall–Kier alpha value is -2.73. The summed E-state index contributed by atoms with van der Waals surface area (Å²) in [5.41, 5.74) is 2.23. The lowest BCUT2D eigenvalue weighted by Gasteiger charge is -2.22. The van der Waals surface area contributed by atoms with Crippen LogP contribution in [-0.4, -0.2) is 29.9 Å². The van der Waals surface area contributed by atoms with Crippen LogP contribution in [0.4, 0.5) is 5.69 Å². The Morgan fingerprint density at radius 2 is 1.89 bits per heavy atom. The highest BCUT2D eigenvalue weighted by molar-refractivity contribution is 6.03. The number of pyridine rings is 1. The molecule has 2 heterocycles. The summed E-state index contributed by atoms with van der Waals surface area (Å²) in [5.74, 6) is 0.573. The van der Waals surface area contributed by atoms with Gasteiger partial charge in [-0.15, -0.1) is 0 Å². The van der Waals surface area contributed by atoms with Crippen molar-refractivity contribution in [3.8, 4) is 0 Å². The largest absolute Gasteiger partial charge is 0.352 e. The van der Waals surface area contributed by atoms with Crippen molar-refractivity contribution >= 4 is 17.5 Å². The summed E-state index contributed by atoms with van der Waals surface area (Å²) in [6.45, 7) is 2.63. The molecule has 0 atom stereocenters. The number of nitrogens with zero attached hydrogens (tertiary/aromatic N) is 1. The molecule has 1 aromatic heterocycles. The van der Waals surface area contributed by atoms with Crippen LogP contribution in [0.3, 0.4) is 0 Å². The first-order valence-corrected chi connectivity index (χ1v) is 9.48. The van der Waals surface area contributed by atoms with E-state index in [0.29, 0.717) is 30.1 Å². The van der Waals surface area contributed by atoms with Gasteiger partial charge in [0, 0.05) is 31.0 Å². The molecule has 0 saturated carbocycles. The van der Waals surface area contributed by atoms with Crippen molar-refractivity contribution < 1.29 is 9.59 Å². The molecule has 27 heavy (non-hydrogen) atoms. The molecular formula is C21H26N4O2. The fourth-order valence-electron chi connectivity index (χ4n) is 3.20. The van der Waals surface area contributed by atoms with Gasteiger partial charge in [0.25, 0.3) is 5.91 Å². The average Bonchev–Trinajstić information content (AvgIpc) is 2.73. The maximum atomic E-state index is 12.1. The summed E-state index contributed by atoms with van der Waals surface area (Å²) in [7, 11) is 0. The third-order valence-corrected chi connectivity index (χ3v) is 4.86. The molecule has 3 N–H and O–H groups in total. The zero-order valence-electron chi connectivity index (χ0n) is 15.4. The van der Waals surface area contributed by atoms with Crippen LogP contribution in [-0.2, 0) is 11.3 Å². The van der Waals surface area contributed by atoms with Gasteiger partial charge >= 0.3 is 0 Å². The predicted octanol–water partition coefficient (Wildman–Crippen LogP) is 2.73. The average molecular weight is 366 g/mol. The molecule has 0 aliphatic carbocycles. The van der Waals surface area contributed by atoms with Crippen LogP contribution < -0.4 is 16.0 Å². The molecule has 1 saturated heterocycles. The van der Waals surface area contributed by atoms with Crippen LogP contribution in [0, 0.1) is 5.92 Å². The van der Waals surface area contributed by atoms with Gasteiger partial charge in [0.2, 0.25) is 5.91 Å². The van der Waals surface area contributed by atoms with Crippen LogP contribution in [0.25, 0.3) is 0 Å². The molecule has 2 aromatic rings. The van der Waals surface area contributed by atoms with E-state index in [4.69, 9.17) is 0 Å². The number of nitrogens with one attached hydrogen (secondary N) is 3. The Balaban J connectivity index is 1.40. The summed E-state index contributed by atoms with van der Waals surface area (Å²) in [6.07, 6.45) is 7.05. The first-order valence-electron chi connectivity index (χ1n) is 9.48. The molecule has 142 valence electrons. The number of carbonyl (C=O) groups is 2. The Morgan fingerprint density at radius 3 is 2.59 bits per heavy atom. The van der Waals surface area contributed by atoms with Gasteiger partial charge < -0.3 is 16.0 Å². The smallest absolute Gasteiger partial charge is 0.257 e. The summed E-state index contributed by atoms with van der Waals surface area (Å²) in [5, 5.41) is 9.15. The molecule has 1 aliphatic heterocycles. The number of hydrogen-bond acceptors (Lipinski definition) is 4. The lowest BCUT2D eigenvalue weighted by Crippen LogP contribution is -2.29. The summed E-state index contributed by atoms with van der Waals surface area (Å²) < 4.78 is 0. The van der Waals surface area contributed by atoms with Gasteiger partial charge in [-0.1, -0.05) is 12.1 Å². The second-order valence-electron chi connectivity index (χ2n) is 6.90. The van der Waals surface area contributed by atoms with Crippen molar-refractivity contribution in [1.29, 1.82) is 0 Å². The van der Waals surface area contributed by atoms with E-state index < -0.39 is 0 Å². The van der Waals surface area contributed by atoms with Crippen molar-refractivity contribution in [1.82, 2.24) is 15.6 Å². The minimum atomic E-state index is -0.193. The molecule has 1 aliphatic rings. The first kappa shape index (κ1) is 19.0. The van der Waals surface area contributed by atoms with E-state index in [-0.39, 0.29) is 11.8 Å². The number of anilines is 1. The number of rotatable bonds is 7. The molecule has 1 fully saturated rings. The maximum absolute atomic E-state index is 12.1. The van der Waals surface area contributed by atoms with E-state index in [1.807, 2.05) is 24.3 Å².